The minimum Gasteiger partial charge on any atom is -0.391 e. The molecule has 110 valence electrons. The molecule has 1 N–H and O–H groups in total. The van der Waals surface area contributed by atoms with Crippen LogP contribution in [0.1, 0.15) is 25.7 Å². The highest BCUT2D eigenvalue weighted by Gasteiger charge is 2.30. The zero-order valence-corrected chi connectivity index (χ0v) is 11.8. The lowest BCUT2D eigenvalue weighted by Crippen LogP contribution is -2.54. The predicted octanol–water partition coefficient (Wildman–Crippen LogP) is 2.25. The minimum absolute atomic E-state index is 0.152. The van der Waals surface area contributed by atoms with Gasteiger partial charge in [-0.15, -0.1) is 0 Å². The second-order valence-corrected chi connectivity index (χ2v) is 5.92. The molecular weight excluding hydrogens is 255 g/mol. The topological polar surface area (TPSA) is 26.7 Å². The number of hydrogen-bond acceptors (Lipinski definition) is 3. The molecule has 1 aromatic carbocycles. The van der Waals surface area contributed by atoms with Crippen molar-refractivity contribution in [2.24, 2.45) is 0 Å². The first-order valence-corrected chi connectivity index (χ1v) is 7.67. The van der Waals surface area contributed by atoms with E-state index in [1.807, 2.05) is 12.1 Å². The quantitative estimate of drug-likeness (QED) is 0.899. The van der Waals surface area contributed by atoms with Gasteiger partial charge in [0.05, 0.1) is 6.10 Å². The van der Waals surface area contributed by atoms with Crippen LogP contribution in [0.25, 0.3) is 0 Å². The molecule has 3 rings (SSSR count). The standard InChI is InChI=1S/C16H23FN2O/c17-13-5-7-14(8-6-13)18-9-11-19(12-10-18)15-3-1-2-4-16(15)20/h5-8,15-16,20H,1-4,9-12H2/t15-,16-/m0/s1. The van der Waals surface area contributed by atoms with Crippen molar-refractivity contribution in [3.05, 3.63) is 30.1 Å². The molecule has 20 heavy (non-hydrogen) atoms. The van der Waals surface area contributed by atoms with Gasteiger partial charge in [0, 0.05) is 37.9 Å². The molecule has 0 unspecified atom stereocenters. The summed E-state index contributed by atoms with van der Waals surface area (Å²) in [7, 11) is 0. The lowest BCUT2D eigenvalue weighted by atomic mass is 9.91. The molecule has 1 saturated carbocycles. The summed E-state index contributed by atoms with van der Waals surface area (Å²) in [5.74, 6) is -0.183. The Morgan fingerprint density at radius 3 is 2.25 bits per heavy atom. The summed E-state index contributed by atoms with van der Waals surface area (Å²) in [4.78, 5) is 4.73. The van der Waals surface area contributed by atoms with Crippen molar-refractivity contribution in [3.63, 3.8) is 0 Å². The maximum Gasteiger partial charge on any atom is 0.123 e. The van der Waals surface area contributed by atoms with Crippen molar-refractivity contribution in [1.82, 2.24) is 4.90 Å². The maximum atomic E-state index is 12.9. The second kappa shape index (κ2) is 6.10. The van der Waals surface area contributed by atoms with E-state index in [1.165, 1.54) is 18.6 Å². The van der Waals surface area contributed by atoms with Gasteiger partial charge in [-0.25, -0.2) is 4.39 Å². The van der Waals surface area contributed by atoms with Gasteiger partial charge in [0.2, 0.25) is 0 Å². The summed E-state index contributed by atoms with van der Waals surface area (Å²) in [5, 5.41) is 10.1. The maximum absolute atomic E-state index is 12.9. The summed E-state index contributed by atoms with van der Waals surface area (Å²) in [6.07, 6.45) is 4.31. The van der Waals surface area contributed by atoms with Crippen molar-refractivity contribution in [2.75, 3.05) is 31.1 Å². The summed E-state index contributed by atoms with van der Waals surface area (Å²) in [6.45, 7) is 3.88. The molecule has 0 amide bonds. The molecule has 0 spiro atoms. The number of anilines is 1. The molecule has 2 aliphatic rings. The van der Waals surface area contributed by atoms with Crippen LogP contribution in [0.2, 0.25) is 0 Å². The molecule has 0 bridgehead atoms. The molecule has 2 atom stereocenters. The van der Waals surface area contributed by atoms with E-state index in [2.05, 4.69) is 9.80 Å². The van der Waals surface area contributed by atoms with E-state index < -0.39 is 0 Å². The average molecular weight is 278 g/mol. The molecule has 0 radical (unpaired) electrons. The summed E-state index contributed by atoms with van der Waals surface area (Å²) in [6, 6.07) is 7.08. The fraction of sp³-hybridized carbons (Fsp3) is 0.625. The van der Waals surface area contributed by atoms with Gasteiger partial charge < -0.3 is 10.0 Å². The van der Waals surface area contributed by atoms with E-state index in [1.54, 1.807) is 0 Å². The van der Waals surface area contributed by atoms with E-state index in [0.29, 0.717) is 6.04 Å². The number of piperazine rings is 1. The molecule has 1 aliphatic carbocycles. The van der Waals surface area contributed by atoms with Crippen molar-refractivity contribution in [3.8, 4) is 0 Å². The Labute approximate surface area is 120 Å². The Hall–Kier alpha value is -1.13. The van der Waals surface area contributed by atoms with E-state index in [-0.39, 0.29) is 11.9 Å². The Kier molecular flexibility index (Phi) is 4.22. The number of aliphatic hydroxyl groups is 1. The first kappa shape index (κ1) is 13.8. The molecule has 2 fully saturated rings. The fourth-order valence-corrected chi connectivity index (χ4v) is 3.48. The summed E-state index contributed by atoms with van der Waals surface area (Å²) < 4.78 is 12.9. The van der Waals surface area contributed by atoms with Crippen LogP contribution in [0.15, 0.2) is 24.3 Å². The smallest absolute Gasteiger partial charge is 0.123 e. The molecule has 1 saturated heterocycles. The lowest BCUT2D eigenvalue weighted by Gasteiger charge is -2.43. The highest BCUT2D eigenvalue weighted by molar-refractivity contribution is 5.46. The zero-order chi connectivity index (χ0) is 13.9. The first-order valence-electron chi connectivity index (χ1n) is 7.67. The van der Waals surface area contributed by atoms with Crippen LogP contribution < -0.4 is 4.90 Å². The third-order valence-electron chi connectivity index (χ3n) is 4.67. The Morgan fingerprint density at radius 2 is 1.60 bits per heavy atom. The second-order valence-electron chi connectivity index (χ2n) is 5.92. The summed E-state index contributed by atoms with van der Waals surface area (Å²) in [5.41, 5.74) is 1.09. The van der Waals surface area contributed by atoms with Crippen LogP contribution in [-0.2, 0) is 0 Å². The van der Waals surface area contributed by atoms with Crippen LogP contribution in [0.3, 0.4) is 0 Å². The molecule has 1 aliphatic heterocycles. The lowest BCUT2D eigenvalue weighted by molar-refractivity contribution is 0.0173. The van der Waals surface area contributed by atoms with Crippen LogP contribution in [0, 0.1) is 5.82 Å². The predicted molar refractivity (Wildman–Crippen MR) is 78.4 cm³/mol. The number of aliphatic hydroxyl groups excluding tert-OH is 1. The minimum atomic E-state index is -0.183. The van der Waals surface area contributed by atoms with Crippen molar-refractivity contribution >= 4 is 5.69 Å². The molecule has 0 aromatic heterocycles. The Morgan fingerprint density at radius 1 is 0.950 bits per heavy atom. The van der Waals surface area contributed by atoms with Gasteiger partial charge in [0.15, 0.2) is 0 Å². The highest BCUT2D eigenvalue weighted by Crippen LogP contribution is 2.25. The third kappa shape index (κ3) is 2.96. The van der Waals surface area contributed by atoms with Crippen LogP contribution in [-0.4, -0.2) is 48.3 Å². The van der Waals surface area contributed by atoms with Gasteiger partial charge in [-0.1, -0.05) is 12.8 Å². The first-order chi connectivity index (χ1) is 9.74. The third-order valence-corrected chi connectivity index (χ3v) is 4.67. The number of nitrogens with zero attached hydrogens (tertiary/aromatic N) is 2. The van der Waals surface area contributed by atoms with Gasteiger partial charge in [0.25, 0.3) is 0 Å². The van der Waals surface area contributed by atoms with Gasteiger partial charge in [-0.05, 0) is 37.1 Å². The normalized spacial score (nSPS) is 28.6. The Balaban J connectivity index is 1.57. The molecule has 4 heteroatoms. The van der Waals surface area contributed by atoms with Gasteiger partial charge >= 0.3 is 0 Å². The molecule has 1 heterocycles. The number of hydrogen-bond donors (Lipinski definition) is 1. The van der Waals surface area contributed by atoms with Crippen molar-refractivity contribution in [1.29, 1.82) is 0 Å². The summed E-state index contributed by atoms with van der Waals surface area (Å²) >= 11 is 0. The van der Waals surface area contributed by atoms with E-state index in [0.717, 1.165) is 51.1 Å². The van der Waals surface area contributed by atoms with Crippen LogP contribution in [0.4, 0.5) is 10.1 Å². The molecule has 1 aromatic rings. The van der Waals surface area contributed by atoms with Gasteiger partial charge in [-0.2, -0.15) is 0 Å². The van der Waals surface area contributed by atoms with Crippen molar-refractivity contribution in [2.45, 2.75) is 37.8 Å². The van der Waals surface area contributed by atoms with E-state index in [4.69, 9.17) is 0 Å². The molecular formula is C16H23FN2O. The fourth-order valence-electron chi connectivity index (χ4n) is 3.48. The SMILES string of the molecule is O[C@H]1CCCC[C@@H]1N1CCN(c2ccc(F)cc2)CC1. The number of benzene rings is 1. The van der Waals surface area contributed by atoms with Crippen LogP contribution >= 0.6 is 0 Å². The largest absolute Gasteiger partial charge is 0.391 e. The Bertz CT molecular complexity index is 429. The van der Waals surface area contributed by atoms with E-state index in [9.17, 15) is 9.50 Å². The van der Waals surface area contributed by atoms with Gasteiger partial charge in [-0.3, -0.25) is 4.90 Å². The van der Waals surface area contributed by atoms with E-state index >= 15 is 0 Å². The number of halogens is 1. The van der Waals surface area contributed by atoms with Crippen LogP contribution in [0.5, 0.6) is 0 Å². The van der Waals surface area contributed by atoms with Crippen molar-refractivity contribution < 1.29 is 9.50 Å². The highest BCUT2D eigenvalue weighted by atomic mass is 19.1. The average Bonchev–Trinajstić information content (AvgIpc) is 2.49. The van der Waals surface area contributed by atoms with Gasteiger partial charge in [0.1, 0.15) is 5.82 Å². The molecule has 3 nitrogen and oxygen atoms in total. The monoisotopic (exact) mass is 278 g/mol. The zero-order valence-electron chi connectivity index (χ0n) is 11.8. The number of rotatable bonds is 2.